The van der Waals surface area contributed by atoms with Crippen LogP contribution in [0.1, 0.15) is 31.1 Å². The number of hydrogen-bond donors (Lipinski definition) is 1. The molecule has 0 radical (unpaired) electrons. The van der Waals surface area contributed by atoms with Gasteiger partial charge in [0.15, 0.2) is 24.7 Å². The molecular formula is C23H27NO8. The SMILES string of the molecule is COc1ccccc1NC(=O)COc1ccc(C(=O)OCC(=O)OC(C)(C)C)cc1OC. The van der Waals surface area contributed by atoms with Gasteiger partial charge in [-0.2, -0.15) is 0 Å². The maximum atomic E-state index is 12.2. The third-order valence-corrected chi connectivity index (χ3v) is 3.88. The highest BCUT2D eigenvalue weighted by Gasteiger charge is 2.19. The average molecular weight is 445 g/mol. The molecule has 0 aliphatic carbocycles. The second-order valence-corrected chi connectivity index (χ2v) is 7.57. The van der Waals surface area contributed by atoms with E-state index >= 15 is 0 Å². The van der Waals surface area contributed by atoms with Gasteiger partial charge < -0.3 is 29.0 Å². The first kappa shape index (κ1) is 24.5. The van der Waals surface area contributed by atoms with Crippen molar-refractivity contribution < 1.29 is 38.1 Å². The summed E-state index contributed by atoms with van der Waals surface area (Å²) in [5.74, 6) is -0.785. The number of carbonyl (C=O) groups excluding carboxylic acids is 3. The first-order valence-corrected chi connectivity index (χ1v) is 9.75. The maximum Gasteiger partial charge on any atom is 0.344 e. The van der Waals surface area contributed by atoms with Crippen LogP contribution in [-0.4, -0.2) is 50.9 Å². The summed E-state index contributed by atoms with van der Waals surface area (Å²) in [7, 11) is 2.90. The van der Waals surface area contributed by atoms with Crippen molar-refractivity contribution in [1.29, 1.82) is 0 Å². The molecule has 0 aliphatic heterocycles. The van der Waals surface area contributed by atoms with Crippen LogP contribution in [0, 0.1) is 0 Å². The standard InChI is InChI=1S/C23H27NO8/c1-23(2,3)32-21(26)14-31-22(27)15-10-11-18(19(12-15)29-5)30-13-20(25)24-16-8-6-7-9-17(16)28-4/h6-12H,13-14H2,1-5H3,(H,24,25). The highest BCUT2D eigenvalue weighted by Crippen LogP contribution is 2.29. The summed E-state index contributed by atoms with van der Waals surface area (Å²) in [6, 6.07) is 11.3. The minimum Gasteiger partial charge on any atom is -0.495 e. The van der Waals surface area contributed by atoms with Gasteiger partial charge in [0.25, 0.3) is 5.91 Å². The average Bonchev–Trinajstić information content (AvgIpc) is 2.75. The van der Waals surface area contributed by atoms with Crippen LogP contribution in [0.3, 0.4) is 0 Å². The van der Waals surface area contributed by atoms with Crippen molar-refractivity contribution in [3.8, 4) is 17.2 Å². The molecule has 0 heterocycles. The number of nitrogens with one attached hydrogen (secondary N) is 1. The molecule has 32 heavy (non-hydrogen) atoms. The quantitative estimate of drug-likeness (QED) is 0.586. The lowest BCUT2D eigenvalue weighted by molar-refractivity contribution is -0.158. The van der Waals surface area contributed by atoms with Gasteiger partial charge in [0, 0.05) is 0 Å². The Kier molecular flexibility index (Phi) is 8.46. The predicted molar refractivity (Wildman–Crippen MR) is 116 cm³/mol. The van der Waals surface area contributed by atoms with E-state index in [1.807, 2.05) is 0 Å². The van der Waals surface area contributed by atoms with Gasteiger partial charge in [0.1, 0.15) is 11.4 Å². The molecule has 9 nitrogen and oxygen atoms in total. The molecule has 0 unspecified atom stereocenters. The number of esters is 2. The Morgan fingerprint density at radius 1 is 0.875 bits per heavy atom. The molecule has 0 aromatic heterocycles. The fraction of sp³-hybridized carbons (Fsp3) is 0.348. The van der Waals surface area contributed by atoms with Crippen molar-refractivity contribution in [3.05, 3.63) is 48.0 Å². The molecule has 1 N–H and O–H groups in total. The summed E-state index contributed by atoms with van der Waals surface area (Å²) >= 11 is 0. The number of benzene rings is 2. The van der Waals surface area contributed by atoms with E-state index in [2.05, 4.69) is 5.32 Å². The third-order valence-electron chi connectivity index (χ3n) is 3.88. The topological polar surface area (TPSA) is 109 Å². The fourth-order valence-corrected chi connectivity index (χ4v) is 2.57. The predicted octanol–water partition coefficient (Wildman–Crippen LogP) is 3.22. The van der Waals surface area contributed by atoms with Crippen molar-refractivity contribution in [2.24, 2.45) is 0 Å². The molecule has 172 valence electrons. The van der Waals surface area contributed by atoms with Crippen molar-refractivity contribution in [3.63, 3.8) is 0 Å². The van der Waals surface area contributed by atoms with E-state index in [0.717, 1.165) is 0 Å². The van der Waals surface area contributed by atoms with E-state index in [1.165, 1.54) is 32.4 Å². The van der Waals surface area contributed by atoms with Gasteiger partial charge in [-0.15, -0.1) is 0 Å². The molecule has 1 amide bonds. The van der Waals surface area contributed by atoms with Crippen LogP contribution in [-0.2, 0) is 19.1 Å². The highest BCUT2D eigenvalue weighted by molar-refractivity contribution is 5.93. The summed E-state index contributed by atoms with van der Waals surface area (Å²) in [5.41, 5.74) is -0.0150. The van der Waals surface area contributed by atoms with Gasteiger partial charge in [-0.3, -0.25) is 4.79 Å². The van der Waals surface area contributed by atoms with E-state index < -0.39 is 30.1 Å². The van der Waals surface area contributed by atoms with Crippen molar-refractivity contribution >= 4 is 23.5 Å². The van der Waals surface area contributed by atoms with Crippen LogP contribution in [0.15, 0.2) is 42.5 Å². The highest BCUT2D eigenvalue weighted by atomic mass is 16.6. The van der Waals surface area contributed by atoms with Crippen molar-refractivity contribution in [2.45, 2.75) is 26.4 Å². The number of carbonyl (C=O) groups is 3. The number of hydrogen-bond acceptors (Lipinski definition) is 8. The van der Waals surface area contributed by atoms with Crippen LogP contribution >= 0.6 is 0 Å². The Bertz CT molecular complexity index is 965. The lowest BCUT2D eigenvalue weighted by Gasteiger charge is -2.19. The minimum atomic E-state index is -0.727. The van der Waals surface area contributed by atoms with E-state index in [0.29, 0.717) is 11.4 Å². The zero-order valence-corrected chi connectivity index (χ0v) is 18.7. The smallest absolute Gasteiger partial charge is 0.344 e. The Morgan fingerprint density at radius 3 is 2.22 bits per heavy atom. The first-order valence-electron chi connectivity index (χ1n) is 9.75. The van der Waals surface area contributed by atoms with Gasteiger partial charge in [0.2, 0.25) is 0 Å². The molecule has 2 rings (SSSR count). The largest absolute Gasteiger partial charge is 0.495 e. The lowest BCUT2D eigenvalue weighted by Crippen LogP contribution is -2.27. The molecule has 0 atom stereocenters. The van der Waals surface area contributed by atoms with Crippen LogP contribution in [0.5, 0.6) is 17.2 Å². The molecule has 2 aromatic carbocycles. The van der Waals surface area contributed by atoms with Gasteiger partial charge in [0.05, 0.1) is 25.5 Å². The summed E-state index contributed by atoms with van der Waals surface area (Å²) in [6.07, 6.45) is 0. The van der Waals surface area contributed by atoms with Gasteiger partial charge in [-0.1, -0.05) is 12.1 Å². The van der Waals surface area contributed by atoms with Crippen molar-refractivity contribution in [2.75, 3.05) is 32.8 Å². The Balaban J connectivity index is 1.95. The monoisotopic (exact) mass is 445 g/mol. The minimum absolute atomic E-state index is 0.149. The molecular weight excluding hydrogens is 418 g/mol. The summed E-state index contributed by atoms with van der Waals surface area (Å²) in [6.45, 7) is 4.34. The second-order valence-electron chi connectivity index (χ2n) is 7.57. The summed E-state index contributed by atoms with van der Waals surface area (Å²) < 4.78 is 26.0. The van der Waals surface area contributed by atoms with Gasteiger partial charge >= 0.3 is 11.9 Å². The molecule has 0 bridgehead atoms. The summed E-state index contributed by atoms with van der Waals surface area (Å²) in [5, 5.41) is 2.69. The zero-order chi connectivity index (χ0) is 23.7. The second kappa shape index (κ2) is 11.0. The number of anilines is 1. The van der Waals surface area contributed by atoms with Crippen LogP contribution in [0.2, 0.25) is 0 Å². The maximum absolute atomic E-state index is 12.2. The molecule has 0 saturated carbocycles. The molecule has 0 fully saturated rings. The number of ether oxygens (including phenoxy) is 5. The molecule has 0 spiro atoms. The fourth-order valence-electron chi connectivity index (χ4n) is 2.57. The van der Waals surface area contributed by atoms with Gasteiger partial charge in [-0.25, -0.2) is 9.59 Å². The number of rotatable bonds is 9. The van der Waals surface area contributed by atoms with Crippen LogP contribution in [0.25, 0.3) is 0 Å². The van der Waals surface area contributed by atoms with E-state index in [-0.39, 0.29) is 23.7 Å². The third kappa shape index (κ3) is 7.50. The van der Waals surface area contributed by atoms with E-state index in [1.54, 1.807) is 45.0 Å². The molecule has 9 heteroatoms. The molecule has 0 aliphatic rings. The Labute approximate surface area is 186 Å². The number of methoxy groups -OCH3 is 2. The van der Waals surface area contributed by atoms with Crippen LogP contribution in [0.4, 0.5) is 5.69 Å². The molecule has 2 aromatic rings. The molecule has 0 saturated heterocycles. The first-order chi connectivity index (χ1) is 15.1. The van der Waals surface area contributed by atoms with Crippen molar-refractivity contribution in [1.82, 2.24) is 0 Å². The van der Waals surface area contributed by atoms with E-state index in [9.17, 15) is 14.4 Å². The number of para-hydroxylation sites is 2. The summed E-state index contributed by atoms with van der Waals surface area (Å²) in [4.78, 5) is 36.1. The normalized spacial score (nSPS) is 10.7. The number of amides is 1. The Hall–Kier alpha value is -3.75. The Morgan fingerprint density at radius 2 is 1.56 bits per heavy atom. The lowest BCUT2D eigenvalue weighted by atomic mass is 10.2. The van der Waals surface area contributed by atoms with E-state index in [4.69, 9.17) is 23.7 Å². The van der Waals surface area contributed by atoms with Crippen LogP contribution < -0.4 is 19.5 Å². The zero-order valence-electron chi connectivity index (χ0n) is 18.7. The van der Waals surface area contributed by atoms with Gasteiger partial charge in [-0.05, 0) is 51.1 Å².